The van der Waals surface area contributed by atoms with Crippen LogP contribution >= 0.6 is 11.6 Å². The number of hydrogen-bond acceptors (Lipinski definition) is 3. The van der Waals surface area contributed by atoms with Crippen LogP contribution in [0.2, 0.25) is 0 Å². The van der Waals surface area contributed by atoms with Crippen LogP contribution in [0.5, 0.6) is 0 Å². The van der Waals surface area contributed by atoms with Gasteiger partial charge in [-0.1, -0.05) is 0 Å². The molecule has 0 bridgehead atoms. The lowest BCUT2D eigenvalue weighted by molar-refractivity contribution is 0.463. The van der Waals surface area contributed by atoms with Gasteiger partial charge in [0.05, 0.1) is 11.4 Å². The van der Waals surface area contributed by atoms with Crippen LogP contribution in [0.25, 0.3) is 0 Å². The third kappa shape index (κ3) is 2.80. The van der Waals surface area contributed by atoms with Crippen molar-refractivity contribution in [2.24, 2.45) is 0 Å². The first-order valence-corrected chi connectivity index (χ1v) is 8.45. The van der Waals surface area contributed by atoms with Crippen molar-refractivity contribution in [2.75, 3.05) is 12.9 Å². The Bertz CT molecular complexity index is 564. The van der Waals surface area contributed by atoms with Gasteiger partial charge in [-0.15, -0.1) is 11.6 Å². The summed E-state index contributed by atoms with van der Waals surface area (Å²) in [7, 11) is -1.77. The maximum Gasteiger partial charge on any atom is 0.246 e. The smallest absolute Gasteiger partial charge is 0.246 e. The Hall–Kier alpha value is -0.590. The second-order valence-electron chi connectivity index (χ2n) is 5.02. The van der Waals surface area contributed by atoms with Crippen LogP contribution in [0.1, 0.15) is 30.7 Å². The van der Waals surface area contributed by atoms with Gasteiger partial charge >= 0.3 is 0 Å². The van der Waals surface area contributed by atoms with Crippen LogP contribution in [0.3, 0.4) is 0 Å². The zero-order chi connectivity index (χ0) is 14.2. The zero-order valence-corrected chi connectivity index (χ0v) is 13.1. The van der Waals surface area contributed by atoms with Crippen LogP contribution in [0.4, 0.5) is 0 Å². The van der Waals surface area contributed by atoms with Gasteiger partial charge in [-0.2, -0.15) is 9.40 Å². The Labute approximate surface area is 119 Å². The summed E-state index contributed by atoms with van der Waals surface area (Å²) in [5, 5.41) is 4.33. The average molecular weight is 306 g/mol. The third-order valence-corrected chi connectivity index (χ3v) is 5.95. The van der Waals surface area contributed by atoms with Crippen molar-refractivity contribution in [3.8, 4) is 0 Å². The van der Waals surface area contributed by atoms with Crippen LogP contribution in [-0.2, 0) is 16.6 Å². The van der Waals surface area contributed by atoms with E-state index in [9.17, 15) is 8.42 Å². The molecule has 1 heterocycles. The fourth-order valence-corrected chi connectivity index (χ4v) is 4.16. The monoisotopic (exact) mass is 305 g/mol. The molecular formula is C12H20ClN3O2S. The van der Waals surface area contributed by atoms with E-state index in [4.69, 9.17) is 11.6 Å². The van der Waals surface area contributed by atoms with Gasteiger partial charge in [0.25, 0.3) is 0 Å². The molecule has 0 aromatic carbocycles. The molecule has 5 nitrogen and oxygen atoms in total. The van der Waals surface area contributed by atoms with Gasteiger partial charge in [0.15, 0.2) is 0 Å². The number of alkyl halides is 1. The minimum atomic E-state index is -3.42. The summed E-state index contributed by atoms with van der Waals surface area (Å²) in [4.78, 5) is 0.358. The molecule has 0 spiro atoms. The van der Waals surface area contributed by atoms with Gasteiger partial charge in [-0.25, -0.2) is 8.42 Å². The van der Waals surface area contributed by atoms with Crippen LogP contribution < -0.4 is 0 Å². The van der Waals surface area contributed by atoms with Gasteiger partial charge in [-0.3, -0.25) is 4.68 Å². The third-order valence-electron chi connectivity index (χ3n) is 3.52. The molecule has 1 aliphatic rings. The first-order valence-electron chi connectivity index (χ1n) is 6.47. The van der Waals surface area contributed by atoms with Crippen molar-refractivity contribution in [2.45, 2.75) is 50.6 Å². The van der Waals surface area contributed by atoms with Gasteiger partial charge in [0.1, 0.15) is 4.90 Å². The standard InChI is InChI=1S/C12H20ClN3O2S/c1-9-12(10(2)16(14-9)8-4-7-13)19(17,18)15(3)11-5-6-11/h11H,4-8H2,1-3H3. The van der Waals surface area contributed by atoms with E-state index in [0.717, 1.165) is 19.3 Å². The number of rotatable bonds is 6. The van der Waals surface area contributed by atoms with Crippen molar-refractivity contribution >= 4 is 21.6 Å². The molecule has 0 unspecified atom stereocenters. The number of halogens is 1. The second kappa shape index (κ2) is 5.42. The number of nitrogens with zero attached hydrogens (tertiary/aromatic N) is 3. The van der Waals surface area contributed by atoms with E-state index in [1.165, 1.54) is 4.31 Å². The maximum atomic E-state index is 12.6. The molecule has 7 heteroatoms. The summed E-state index contributed by atoms with van der Waals surface area (Å²) in [6.07, 6.45) is 2.68. The Morgan fingerprint density at radius 3 is 2.58 bits per heavy atom. The van der Waals surface area contributed by atoms with Gasteiger partial charge in [-0.05, 0) is 33.1 Å². The normalized spacial score (nSPS) is 16.3. The predicted octanol–water partition coefficient (Wildman–Crippen LogP) is 1.91. The van der Waals surface area contributed by atoms with Gasteiger partial charge < -0.3 is 0 Å². The summed E-state index contributed by atoms with van der Waals surface area (Å²) < 4.78 is 28.4. The van der Waals surface area contributed by atoms with Crippen LogP contribution in [-0.4, -0.2) is 41.5 Å². The van der Waals surface area contributed by atoms with Crippen molar-refractivity contribution in [3.05, 3.63) is 11.4 Å². The van der Waals surface area contributed by atoms with E-state index in [1.807, 2.05) is 6.92 Å². The van der Waals surface area contributed by atoms with E-state index < -0.39 is 10.0 Å². The Balaban J connectivity index is 2.36. The largest absolute Gasteiger partial charge is 0.268 e. The highest BCUT2D eigenvalue weighted by molar-refractivity contribution is 7.89. The molecule has 1 fully saturated rings. The molecule has 0 radical (unpaired) electrons. The molecule has 0 N–H and O–H groups in total. The van der Waals surface area contributed by atoms with E-state index >= 15 is 0 Å². The number of hydrogen-bond donors (Lipinski definition) is 0. The van der Waals surface area contributed by atoms with Crippen molar-refractivity contribution in [3.63, 3.8) is 0 Å². The number of aromatic nitrogens is 2. The lowest BCUT2D eigenvalue weighted by atomic mass is 10.4. The molecule has 0 saturated heterocycles. The van der Waals surface area contributed by atoms with Crippen molar-refractivity contribution in [1.29, 1.82) is 0 Å². The molecular weight excluding hydrogens is 286 g/mol. The molecule has 1 aromatic heterocycles. The predicted molar refractivity (Wildman–Crippen MR) is 75.0 cm³/mol. The highest BCUT2D eigenvalue weighted by atomic mass is 35.5. The summed E-state index contributed by atoms with van der Waals surface area (Å²) in [5.41, 5.74) is 1.27. The van der Waals surface area contributed by atoms with Crippen molar-refractivity contribution < 1.29 is 8.42 Å². The highest BCUT2D eigenvalue weighted by Gasteiger charge is 2.37. The molecule has 1 saturated carbocycles. The topological polar surface area (TPSA) is 55.2 Å². The molecule has 1 aliphatic carbocycles. The lowest BCUT2D eigenvalue weighted by Gasteiger charge is -2.16. The lowest BCUT2D eigenvalue weighted by Crippen LogP contribution is -2.29. The fourth-order valence-electron chi connectivity index (χ4n) is 2.26. The van der Waals surface area contributed by atoms with E-state index in [1.54, 1.807) is 18.7 Å². The first-order chi connectivity index (χ1) is 8.89. The summed E-state index contributed by atoms with van der Waals surface area (Å²) >= 11 is 5.67. The van der Waals surface area contributed by atoms with Gasteiger partial charge in [0, 0.05) is 25.5 Å². The fraction of sp³-hybridized carbons (Fsp3) is 0.750. The molecule has 0 amide bonds. The Morgan fingerprint density at radius 1 is 1.42 bits per heavy atom. The SMILES string of the molecule is Cc1nn(CCCCl)c(C)c1S(=O)(=O)N(C)C1CC1. The van der Waals surface area contributed by atoms with Crippen LogP contribution in [0, 0.1) is 13.8 Å². The molecule has 0 aliphatic heterocycles. The molecule has 0 atom stereocenters. The summed E-state index contributed by atoms with van der Waals surface area (Å²) in [5.74, 6) is 0.544. The molecule has 19 heavy (non-hydrogen) atoms. The number of sulfonamides is 1. The minimum Gasteiger partial charge on any atom is -0.268 e. The van der Waals surface area contributed by atoms with Crippen molar-refractivity contribution in [1.82, 2.24) is 14.1 Å². The van der Waals surface area contributed by atoms with Crippen LogP contribution in [0.15, 0.2) is 4.90 Å². The Morgan fingerprint density at radius 2 is 2.05 bits per heavy atom. The first kappa shape index (κ1) is 14.8. The number of aryl methyl sites for hydroxylation is 2. The average Bonchev–Trinajstić information content (AvgIpc) is 3.13. The Kier molecular flexibility index (Phi) is 4.23. The van der Waals surface area contributed by atoms with Gasteiger partial charge in [0.2, 0.25) is 10.0 Å². The van der Waals surface area contributed by atoms with E-state index in [-0.39, 0.29) is 6.04 Å². The molecule has 108 valence electrons. The second-order valence-corrected chi connectivity index (χ2v) is 7.33. The summed E-state index contributed by atoms with van der Waals surface area (Å²) in [6, 6.07) is 0.162. The van der Waals surface area contributed by atoms with E-state index in [0.29, 0.717) is 28.7 Å². The minimum absolute atomic E-state index is 0.162. The summed E-state index contributed by atoms with van der Waals surface area (Å²) in [6.45, 7) is 4.21. The molecule has 1 aromatic rings. The van der Waals surface area contributed by atoms with E-state index in [2.05, 4.69) is 5.10 Å². The molecule has 2 rings (SSSR count). The zero-order valence-electron chi connectivity index (χ0n) is 11.6. The maximum absolute atomic E-state index is 12.6. The quantitative estimate of drug-likeness (QED) is 0.754. The highest BCUT2D eigenvalue weighted by Crippen LogP contribution is 2.32.